The van der Waals surface area contributed by atoms with Crippen molar-refractivity contribution in [2.45, 2.75) is 0 Å². The van der Waals surface area contributed by atoms with Crippen LogP contribution in [-0.2, 0) is 4.79 Å². The zero-order valence-electron chi connectivity index (χ0n) is 10.5. The predicted molar refractivity (Wildman–Crippen MR) is 75.2 cm³/mol. The normalized spacial score (nSPS) is 10.4. The molecule has 0 radical (unpaired) electrons. The fraction of sp³-hybridized carbons (Fsp3) is 0.333. The highest BCUT2D eigenvalue weighted by Crippen LogP contribution is 2.22. The van der Waals surface area contributed by atoms with Crippen LogP contribution < -0.4 is 11.1 Å². The van der Waals surface area contributed by atoms with Crippen LogP contribution in [0, 0.1) is 0 Å². The summed E-state index contributed by atoms with van der Waals surface area (Å²) >= 11 is 1.24. The Morgan fingerprint density at radius 1 is 1.58 bits per heavy atom. The zero-order chi connectivity index (χ0) is 14.3. The molecule has 1 aromatic heterocycles. The van der Waals surface area contributed by atoms with Crippen molar-refractivity contribution in [3.05, 3.63) is 29.7 Å². The van der Waals surface area contributed by atoms with Crippen molar-refractivity contribution in [2.24, 2.45) is 5.73 Å². The summed E-state index contributed by atoms with van der Waals surface area (Å²) in [6.45, 7) is 4.55. The summed E-state index contributed by atoms with van der Waals surface area (Å²) < 4.78 is 0. The van der Waals surface area contributed by atoms with E-state index in [4.69, 9.17) is 10.8 Å². The molecule has 2 amide bonds. The lowest BCUT2D eigenvalue weighted by molar-refractivity contribution is -0.117. The molecule has 1 rings (SSSR count). The summed E-state index contributed by atoms with van der Waals surface area (Å²) in [7, 11) is 0. The largest absolute Gasteiger partial charge is 0.395 e. The molecule has 1 heterocycles. The SMILES string of the molecule is C=CCN(CCO)CC(=O)Nc1sccc1C(N)=O. The molecule has 19 heavy (non-hydrogen) atoms. The van der Waals surface area contributed by atoms with E-state index in [2.05, 4.69) is 11.9 Å². The molecule has 0 atom stereocenters. The summed E-state index contributed by atoms with van der Waals surface area (Å²) in [5.41, 5.74) is 5.49. The first kappa shape index (κ1) is 15.4. The molecule has 0 bridgehead atoms. The van der Waals surface area contributed by atoms with E-state index in [-0.39, 0.29) is 19.1 Å². The van der Waals surface area contributed by atoms with Crippen LogP contribution in [0.15, 0.2) is 24.1 Å². The number of nitrogens with zero attached hydrogens (tertiary/aromatic N) is 1. The zero-order valence-corrected chi connectivity index (χ0v) is 11.3. The maximum absolute atomic E-state index is 11.8. The third kappa shape index (κ3) is 4.82. The van der Waals surface area contributed by atoms with E-state index >= 15 is 0 Å². The number of nitrogens with two attached hydrogens (primary N) is 1. The van der Waals surface area contributed by atoms with Crippen molar-refractivity contribution < 1.29 is 14.7 Å². The number of thiophene rings is 1. The van der Waals surface area contributed by atoms with Gasteiger partial charge >= 0.3 is 0 Å². The number of anilines is 1. The van der Waals surface area contributed by atoms with Crippen molar-refractivity contribution in [2.75, 3.05) is 31.6 Å². The van der Waals surface area contributed by atoms with Gasteiger partial charge in [0, 0.05) is 13.1 Å². The molecule has 104 valence electrons. The number of nitrogens with one attached hydrogen (secondary N) is 1. The topological polar surface area (TPSA) is 95.7 Å². The molecule has 0 aromatic carbocycles. The van der Waals surface area contributed by atoms with Crippen LogP contribution >= 0.6 is 11.3 Å². The van der Waals surface area contributed by atoms with Gasteiger partial charge in [-0.25, -0.2) is 0 Å². The Labute approximate surface area is 115 Å². The Balaban J connectivity index is 2.60. The van der Waals surface area contributed by atoms with Gasteiger partial charge in [-0.15, -0.1) is 17.9 Å². The fourth-order valence-corrected chi connectivity index (χ4v) is 2.34. The number of primary amides is 1. The van der Waals surface area contributed by atoms with Gasteiger partial charge in [-0.1, -0.05) is 6.08 Å². The minimum Gasteiger partial charge on any atom is -0.395 e. The summed E-state index contributed by atoms with van der Waals surface area (Å²) in [5, 5.41) is 13.7. The second-order valence-corrected chi connectivity index (χ2v) is 4.74. The van der Waals surface area contributed by atoms with E-state index in [1.807, 2.05) is 0 Å². The van der Waals surface area contributed by atoms with Crippen LogP contribution in [-0.4, -0.2) is 48.1 Å². The highest BCUT2D eigenvalue weighted by atomic mass is 32.1. The van der Waals surface area contributed by atoms with E-state index in [0.29, 0.717) is 23.7 Å². The average molecular weight is 283 g/mol. The van der Waals surface area contributed by atoms with Gasteiger partial charge in [-0.2, -0.15) is 0 Å². The van der Waals surface area contributed by atoms with Gasteiger partial charge in [-0.05, 0) is 11.4 Å². The van der Waals surface area contributed by atoms with Crippen molar-refractivity contribution in [1.29, 1.82) is 0 Å². The maximum Gasteiger partial charge on any atom is 0.251 e. The molecule has 0 unspecified atom stereocenters. The molecule has 0 aliphatic heterocycles. The predicted octanol–water partition coefficient (Wildman–Crippen LogP) is 0.266. The second kappa shape index (κ2) is 7.67. The molecule has 4 N–H and O–H groups in total. The Morgan fingerprint density at radius 3 is 2.89 bits per heavy atom. The Kier molecular flexibility index (Phi) is 6.20. The molecule has 0 saturated heterocycles. The first-order valence-corrected chi connectivity index (χ1v) is 6.57. The third-order valence-corrected chi connectivity index (χ3v) is 3.18. The van der Waals surface area contributed by atoms with Gasteiger partial charge in [0.2, 0.25) is 5.91 Å². The van der Waals surface area contributed by atoms with Crippen LogP contribution in [0.1, 0.15) is 10.4 Å². The lowest BCUT2D eigenvalue weighted by atomic mass is 10.3. The highest BCUT2D eigenvalue weighted by molar-refractivity contribution is 7.14. The number of carbonyl (C=O) groups excluding carboxylic acids is 2. The molecule has 0 fully saturated rings. The molecular weight excluding hydrogens is 266 g/mol. The molecule has 7 heteroatoms. The van der Waals surface area contributed by atoms with Crippen LogP contribution in [0.2, 0.25) is 0 Å². The van der Waals surface area contributed by atoms with Crippen molar-refractivity contribution in [3.63, 3.8) is 0 Å². The summed E-state index contributed by atoms with van der Waals surface area (Å²) in [6.07, 6.45) is 1.66. The smallest absolute Gasteiger partial charge is 0.251 e. The summed E-state index contributed by atoms with van der Waals surface area (Å²) in [4.78, 5) is 24.7. The minimum atomic E-state index is -0.574. The number of carbonyl (C=O) groups is 2. The maximum atomic E-state index is 11.8. The van der Waals surface area contributed by atoms with Crippen LogP contribution in [0.3, 0.4) is 0 Å². The van der Waals surface area contributed by atoms with E-state index < -0.39 is 5.91 Å². The lowest BCUT2D eigenvalue weighted by Gasteiger charge is -2.18. The van der Waals surface area contributed by atoms with Crippen molar-refractivity contribution in [1.82, 2.24) is 4.90 Å². The Morgan fingerprint density at radius 2 is 2.32 bits per heavy atom. The van der Waals surface area contributed by atoms with Crippen LogP contribution in [0.5, 0.6) is 0 Å². The summed E-state index contributed by atoms with van der Waals surface area (Å²) in [5.74, 6) is -0.838. The molecule has 6 nitrogen and oxygen atoms in total. The van der Waals surface area contributed by atoms with Crippen molar-refractivity contribution >= 4 is 28.2 Å². The molecule has 0 aliphatic carbocycles. The standard InChI is InChI=1S/C12H17N3O3S/c1-2-4-15(5-6-16)8-10(17)14-12-9(11(13)18)3-7-19-12/h2-3,7,16H,1,4-6,8H2,(H2,13,18)(H,14,17). The average Bonchev–Trinajstić information content (AvgIpc) is 2.77. The van der Waals surface area contributed by atoms with Crippen molar-refractivity contribution in [3.8, 4) is 0 Å². The van der Waals surface area contributed by atoms with Gasteiger partial charge < -0.3 is 16.2 Å². The van der Waals surface area contributed by atoms with Gasteiger partial charge in [0.05, 0.1) is 18.7 Å². The second-order valence-electron chi connectivity index (χ2n) is 3.82. The van der Waals surface area contributed by atoms with E-state index in [9.17, 15) is 9.59 Å². The van der Waals surface area contributed by atoms with Crippen LogP contribution in [0.25, 0.3) is 0 Å². The first-order chi connectivity index (χ1) is 9.08. The van der Waals surface area contributed by atoms with E-state index in [0.717, 1.165) is 0 Å². The first-order valence-electron chi connectivity index (χ1n) is 5.69. The Hall–Kier alpha value is -1.70. The monoisotopic (exact) mass is 283 g/mol. The molecule has 0 saturated carbocycles. The van der Waals surface area contributed by atoms with Gasteiger partial charge in [0.25, 0.3) is 5.91 Å². The number of hydrogen-bond donors (Lipinski definition) is 3. The molecule has 1 aromatic rings. The Bertz CT molecular complexity index is 459. The van der Waals surface area contributed by atoms with Crippen LogP contribution in [0.4, 0.5) is 5.00 Å². The van der Waals surface area contributed by atoms with E-state index in [1.54, 1.807) is 22.4 Å². The van der Waals surface area contributed by atoms with Gasteiger partial charge in [-0.3, -0.25) is 14.5 Å². The highest BCUT2D eigenvalue weighted by Gasteiger charge is 2.14. The lowest BCUT2D eigenvalue weighted by Crippen LogP contribution is -2.35. The van der Waals surface area contributed by atoms with E-state index in [1.165, 1.54) is 11.3 Å². The minimum absolute atomic E-state index is 0.0351. The number of rotatable bonds is 8. The molecular formula is C12H17N3O3S. The number of amides is 2. The van der Waals surface area contributed by atoms with Gasteiger partial charge in [0.1, 0.15) is 5.00 Å². The number of aliphatic hydroxyl groups excluding tert-OH is 1. The number of aliphatic hydroxyl groups is 1. The summed E-state index contributed by atoms with van der Waals surface area (Å²) in [6, 6.07) is 1.57. The third-order valence-electron chi connectivity index (χ3n) is 2.35. The number of hydrogen-bond acceptors (Lipinski definition) is 5. The molecule has 0 aliphatic rings. The van der Waals surface area contributed by atoms with Gasteiger partial charge in [0.15, 0.2) is 0 Å². The molecule has 0 spiro atoms. The quantitative estimate of drug-likeness (QED) is 0.597. The fourth-order valence-electron chi connectivity index (χ4n) is 1.53.